The lowest BCUT2D eigenvalue weighted by Gasteiger charge is -2.21. The van der Waals surface area contributed by atoms with Gasteiger partial charge in [-0.1, -0.05) is 33.1 Å². The molecule has 1 saturated carbocycles. The zero-order valence-electron chi connectivity index (χ0n) is 12.3. The molecule has 0 aromatic carbocycles. The quantitative estimate of drug-likeness (QED) is 0.686. The first kappa shape index (κ1) is 15.5. The lowest BCUT2D eigenvalue weighted by atomic mass is 9.89. The van der Waals surface area contributed by atoms with Gasteiger partial charge in [0.1, 0.15) is 0 Å². The molecule has 1 amide bonds. The molecular weight excluding hydrogens is 224 g/mol. The van der Waals surface area contributed by atoms with Gasteiger partial charge in [0, 0.05) is 18.5 Å². The van der Waals surface area contributed by atoms with Crippen LogP contribution in [0.2, 0.25) is 0 Å². The first-order valence-corrected chi connectivity index (χ1v) is 7.62. The van der Waals surface area contributed by atoms with Crippen molar-refractivity contribution in [3.63, 3.8) is 0 Å². The van der Waals surface area contributed by atoms with Crippen molar-refractivity contribution in [1.82, 2.24) is 10.6 Å². The largest absolute Gasteiger partial charge is 0.356 e. The number of hydrogen-bond acceptors (Lipinski definition) is 2. The van der Waals surface area contributed by atoms with Crippen LogP contribution in [0, 0.1) is 11.8 Å². The van der Waals surface area contributed by atoms with E-state index in [1.807, 2.05) is 0 Å². The van der Waals surface area contributed by atoms with Crippen molar-refractivity contribution in [2.75, 3.05) is 13.1 Å². The average Bonchev–Trinajstić information content (AvgIpc) is 2.38. The van der Waals surface area contributed by atoms with Gasteiger partial charge in [0.15, 0.2) is 0 Å². The smallest absolute Gasteiger partial charge is 0.223 e. The summed E-state index contributed by atoms with van der Waals surface area (Å²) in [5.74, 6) is 1.25. The molecule has 0 saturated heterocycles. The van der Waals surface area contributed by atoms with E-state index < -0.39 is 0 Å². The van der Waals surface area contributed by atoms with Crippen LogP contribution in [0.4, 0.5) is 0 Å². The van der Waals surface area contributed by atoms with E-state index in [2.05, 4.69) is 31.4 Å². The molecule has 0 heterocycles. The summed E-state index contributed by atoms with van der Waals surface area (Å²) in [7, 11) is 0. The van der Waals surface area contributed by atoms with Crippen molar-refractivity contribution in [2.24, 2.45) is 11.8 Å². The minimum Gasteiger partial charge on any atom is -0.356 e. The summed E-state index contributed by atoms with van der Waals surface area (Å²) in [6, 6.07) is 0.555. The summed E-state index contributed by atoms with van der Waals surface area (Å²) >= 11 is 0. The summed E-state index contributed by atoms with van der Waals surface area (Å²) in [4.78, 5) is 11.9. The van der Waals surface area contributed by atoms with Gasteiger partial charge in [0.05, 0.1) is 0 Å². The second-order valence-electron chi connectivity index (χ2n) is 5.97. The van der Waals surface area contributed by atoms with Crippen molar-refractivity contribution in [3.8, 4) is 0 Å². The first-order valence-electron chi connectivity index (χ1n) is 7.62. The average molecular weight is 254 g/mol. The van der Waals surface area contributed by atoms with Crippen LogP contribution in [0.3, 0.4) is 0 Å². The van der Waals surface area contributed by atoms with E-state index in [0.717, 1.165) is 32.4 Å². The Balaban J connectivity index is 2.01. The summed E-state index contributed by atoms with van der Waals surface area (Å²) in [5.41, 5.74) is 0. The van der Waals surface area contributed by atoms with Gasteiger partial charge in [-0.15, -0.1) is 0 Å². The number of rotatable bonds is 7. The van der Waals surface area contributed by atoms with Crippen LogP contribution in [-0.2, 0) is 4.79 Å². The van der Waals surface area contributed by atoms with E-state index in [0.29, 0.717) is 17.9 Å². The van der Waals surface area contributed by atoms with E-state index in [-0.39, 0.29) is 5.91 Å². The molecule has 1 rings (SSSR count). The Morgan fingerprint density at radius 1 is 1.11 bits per heavy atom. The third-order valence-corrected chi connectivity index (χ3v) is 4.10. The SMILES string of the molecule is CC(C)C(C)NCCCNC(=O)C1CCCCC1. The Bertz CT molecular complexity index is 235. The third kappa shape index (κ3) is 5.85. The van der Waals surface area contributed by atoms with Gasteiger partial charge in [-0.3, -0.25) is 4.79 Å². The highest BCUT2D eigenvalue weighted by molar-refractivity contribution is 5.78. The van der Waals surface area contributed by atoms with Gasteiger partial charge < -0.3 is 10.6 Å². The number of carbonyl (C=O) groups is 1. The second-order valence-corrected chi connectivity index (χ2v) is 5.97. The fourth-order valence-corrected chi connectivity index (χ4v) is 2.37. The molecule has 1 aliphatic carbocycles. The molecule has 0 bridgehead atoms. The molecule has 3 heteroatoms. The Hall–Kier alpha value is -0.570. The maximum Gasteiger partial charge on any atom is 0.223 e. The predicted molar refractivity (Wildman–Crippen MR) is 76.5 cm³/mol. The Labute approximate surface area is 112 Å². The van der Waals surface area contributed by atoms with Crippen molar-refractivity contribution in [1.29, 1.82) is 0 Å². The van der Waals surface area contributed by atoms with Crippen LogP contribution < -0.4 is 10.6 Å². The van der Waals surface area contributed by atoms with E-state index in [1.165, 1.54) is 19.3 Å². The first-order chi connectivity index (χ1) is 8.61. The fraction of sp³-hybridized carbons (Fsp3) is 0.933. The molecule has 106 valence electrons. The van der Waals surface area contributed by atoms with E-state index >= 15 is 0 Å². The molecule has 1 unspecified atom stereocenters. The van der Waals surface area contributed by atoms with Gasteiger partial charge in [0.2, 0.25) is 5.91 Å². The highest BCUT2D eigenvalue weighted by Gasteiger charge is 2.20. The van der Waals surface area contributed by atoms with Crippen molar-refractivity contribution in [3.05, 3.63) is 0 Å². The fourth-order valence-electron chi connectivity index (χ4n) is 2.37. The van der Waals surface area contributed by atoms with Crippen LogP contribution in [0.25, 0.3) is 0 Å². The third-order valence-electron chi connectivity index (χ3n) is 4.10. The van der Waals surface area contributed by atoms with Crippen LogP contribution in [0.15, 0.2) is 0 Å². The van der Waals surface area contributed by atoms with Gasteiger partial charge in [-0.25, -0.2) is 0 Å². The topological polar surface area (TPSA) is 41.1 Å². The van der Waals surface area contributed by atoms with Crippen molar-refractivity contribution < 1.29 is 4.79 Å². The van der Waals surface area contributed by atoms with Crippen LogP contribution >= 0.6 is 0 Å². The number of hydrogen-bond donors (Lipinski definition) is 2. The maximum absolute atomic E-state index is 11.9. The Morgan fingerprint density at radius 3 is 2.39 bits per heavy atom. The normalized spacial score (nSPS) is 18.9. The molecule has 2 N–H and O–H groups in total. The molecule has 0 aromatic rings. The van der Waals surface area contributed by atoms with E-state index in [9.17, 15) is 4.79 Å². The zero-order valence-corrected chi connectivity index (χ0v) is 12.3. The summed E-state index contributed by atoms with van der Waals surface area (Å²) in [5, 5.41) is 6.56. The standard InChI is InChI=1S/C15H30N2O/c1-12(2)13(3)16-10-7-11-17-15(18)14-8-5-4-6-9-14/h12-14,16H,4-11H2,1-3H3,(H,17,18). The second kappa shape index (κ2) is 8.52. The predicted octanol–water partition coefficient (Wildman–Crippen LogP) is 2.71. The van der Waals surface area contributed by atoms with Crippen molar-refractivity contribution in [2.45, 2.75) is 65.3 Å². The highest BCUT2D eigenvalue weighted by Crippen LogP contribution is 2.23. The number of nitrogens with one attached hydrogen (secondary N) is 2. The highest BCUT2D eigenvalue weighted by atomic mass is 16.1. The van der Waals surface area contributed by atoms with Gasteiger partial charge in [-0.05, 0) is 38.6 Å². The van der Waals surface area contributed by atoms with Gasteiger partial charge in [-0.2, -0.15) is 0 Å². The molecule has 0 spiro atoms. The Morgan fingerprint density at radius 2 is 1.78 bits per heavy atom. The molecule has 18 heavy (non-hydrogen) atoms. The minimum absolute atomic E-state index is 0.284. The lowest BCUT2D eigenvalue weighted by molar-refractivity contribution is -0.125. The monoisotopic (exact) mass is 254 g/mol. The summed E-state index contributed by atoms with van der Waals surface area (Å²) in [6.45, 7) is 8.47. The Kier molecular flexibility index (Phi) is 7.33. The van der Waals surface area contributed by atoms with Crippen LogP contribution in [0.5, 0.6) is 0 Å². The molecule has 0 aromatic heterocycles. The minimum atomic E-state index is 0.284. The molecule has 3 nitrogen and oxygen atoms in total. The number of amides is 1. The number of carbonyl (C=O) groups excluding carboxylic acids is 1. The molecule has 1 fully saturated rings. The molecule has 1 atom stereocenters. The summed E-state index contributed by atoms with van der Waals surface area (Å²) < 4.78 is 0. The van der Waals surface area contributed by atoms with Crippen molar-refractivity contribution >= 4 is 5.91 Å². The molecule has 1 aliphatic rings. The van der Waals surface area contributed by atoms with Crippen LogP contribution in [-0.4, -0.2) is 25.0 Å². The lowest BCUT2D eigenvalue weighted by Crippen LogP contribution is -2.36. The van der Waals surface area contributed by atoms with Gasteiger partial charge in [0.25, 0.3) is 0 Å². The van der Waals surface area contributed by atoms with Crippen LogP contribution in [0.1, 0.15) is 59.3 Å². The van der Waals surface area contributed by atoms with E-state index in [1.54, 1.807) is 0 Å². The maximum atomic E-state index is 11.9. The zero-order chi connectivity index (χ0) is 13.4. The molecule has 0 aliphatic heterocycles. The summed E-state index contributed by atoms with van der Waals surface area (Å²) in [6.07, 6.45) is 6.97. The van der Waals surface area contributed by atoms with E-state index in [4.69, 9.17) is 0 Å². The molecule has 0 radical (unpaired) electrons. The van der Waals surface area contributed by atoms with Gasteiger partial charge >= 0.3 is 0 Å². The molecular formula is C15H30N2O.